The zero-order valence-electron chi connectivity index (χ0n) is 13.0. The van der Waals surface area contributed by atoms with Crippen molar-refractivity contribution in [2.45, 2.75) is 39.2 Å². The van der Waals surface area contributed by atoms with Gasteiger partial charge in [0.2, 0.25) is 17.8 Å². The van der Waals surface area contributed by atoms with E-state index in [1.807, 2.05) is 11.8 Å². The lowest BCUT2D eigenvalue weighted by molar-refractivity contribution is 0.0872. The zero-order chi connectivity index (χ0) is 15.5. The van der Waals surface area contributed by atoms with Crippen LogP contribution >= 0.6 is 0 Å². The van der Waals surface area contributed by atoms with Gasteiger partial charge in [-0.25, -0.2) is 5.84 Å². The van der Waals surface area contributed by atoms with E-state index in [4.69, 9.17) is 5.84 Å². The van der Waals surface area contributed by atoms with Crippen molar-refractivity contribution in [2.75, 3.05) is 41.4 Å². The summed E-state index contributed by atoms with van der Waals surface area (Å²) in [6.07, 6.45) is 2.29. The molecule has 1 saturated heterocycles. The van der Waals surface area contributed by atoms with E-state index < -0.39 is 5.60 Å². The van der Waals surface area contributed by atoms with Gasteiger partial charge in [0.25, 0.3) is 0 Å². The Balaban J connectivity index is 2.30. The maximum atomic E-state index is 10.0. The molecule has 0 aromatic carbocycles. The predicted octanol–water partition coefficient (Wildman–Crippen LogP) is 0.355. The molecule has 0 amide bonds. The molecule has 0 spiro atoms. The fourth-order valence-electron chi connectivity index (χ4n) is 2.41. The standard InChI is InChI=1S/C13H25N7O/c1-4-19(9-13(2,3)21)11-15-10(18-14)16-12(17-11)20-7-5-6-8-20/h21H,4-9,14H2,1-3H3,(H,15,16,17,18). The second kappa shape index (κ2) is 6.40. The molecule has 2 rings (SSSR count). The summed E-state index contributed by atoms with van der Waals surface area (Å²) in [7, 11) is 0. The molecule has 0 saturated carbocycles. The fourth-order valence-corrected chi connectivity index (χ4v) is 2.41. The largest absolute Gasteiger partial charge is 0.389 e. The summed E-state index contributed by atoms with van der Waals surface area (Å²) in [4.78, 5) is 17.2. The van der Waals surface area contributed by atoms with Gasteiger partial charge in [-0.3, -0.25) is 5.43 Å². The van der Waals surface area contributed by atoms with Crippen LogP contribution < -0.4 is 21.1 Å². The summed E-state index contributed by atoms with van der Waals surface area (Å²) in [5.41, 5.74) is 1.67. The molecule has 0 unspecified atom stereocenters. The minimum Gasteiger partial charge on any atom is -0.389 e. The highest BCUT2D eigenvalue weighted by atomic mass is 16.3. The quantitative estimate of drug-likeness (QED) is 0.510. The number of hydrogen-bond acceptors (Lipinski definition) is 8. The summed E-state index contributed by atoms with van der Waals surface area (Å²) in [5.74, 6) is 6.98. The number of nitrogens with zero attached hydrogens (tertiary/aromatic N) is 5. The maximum absolute atomic E-state index is 10.0. The molecule has 1 aromatic heterocycles. The summed E-state index contributed by atoms with van der Waals surface area (Å²) in [6, 6.07) is 0. The highest BCUT2D eigenvalue weighted by Crippen LogP contribution is 2.21. The molecule has 1 aliphatic rings. The fraction of sp³-hybridized carbons (Fsp3) is 0.769. The van der Waals surface area contributed by atoms with E-state index in [0.29, 0.717) is 30.9 Å². The predicted molar refractivity (Wildman–Crippen MR) is 83.3 cm³/mol. The van der Waals surface area contributed by atoms with E-state index in [-0.39, 0.29) is 0 Å². The first kappa shape index (κ1) is 15.7. The van der Waals surface area contributed by atoms with Gasteiger partial charge in [0.1, 0.15) is 0 Å². The monoisotopic (exact) mass is 295 g/mol. The molecule has 8 nitrogen and oxygen atoms in total. The number of aliphatic hydroxyl groups is 1. The van der Waals surface area contributed by atoms with E-state index in [9.17, 15) is 5.11 Å². The molecule has 1 fully saturated rings. The van der Waals surface area contributed by atoms with Crippen molar-refractivity contribution in [1.29, 1.82) is 0 Å². The molecule has 0 aliphatic carbocycles. The van der Waals surface area contributed by atoms with Crippen molar-refractivity contribution in [3.05, 3.63) is 0 Å². The van der Waals surface area contributed by atoms with Gasteiger partial charge in [0.05, 0.1) is 5.60 Å². The van der Waals surface area contributed by atoms with Gasteiger partial charge in [-0.15, -0.1) is 0 Å². The highest BCUT2D eigenvalue weighted by molar-refractivity contribution is 5.45. The van der Waals surface area contributed by atoms with Crippen LogP contribution in [0.4, 0.5) is 17.8 Å². The molecule has 0 bridgehead atoms. The van der Waals surface area contributed by atoms with Crippen LogP contribution in [0.1, 0.15) is 33.6 Å². The van der Waals surface area contributed by atoms with Crippen LogP contribution in [-0.4, -0.2) is 51.8 Å². The minimum absolute atomic E-state index is 0.344. The summed E-state index contributed by atoms with van der Waals surface area (Å²) in [6.45, 7) is 8.56. The lowest BCUT2D eigenvalue weighted by Crippen LogP contribution is -2.40. The van der Waals surface area contributed by atoms with E-state index in [1.165, 1.54) is 0 Å². The van der Waals surface area contributed by atoms with E-state index in [0.717, 1.165) is 25.9 Å². The van der Waals surface area contributed by atoms with Crippen LogP contribution in [-0.2, 0) is 0 Å². The summed E-state index contributed by atoms with van der Waals surface area (Å²) >= 11 is 0. The van der Waals surface area contributed by atoms with Crippen LogP contribution in [0.3, 0.4) is 0 Å². The molecule has 1 aromatic rings. The lowest BCUT2D eigenvalue weighted by Gasteiger charge is -2.28. The third-order valence-electron chi connectivity index (χ3n) is 3.37. The van der Waals surface area contributed by atoms with Crippen LogP contribution in [0.25, 0.3) is 0 Å². The van der Waals surface area contributed by atoms with Gasteiger partial charge in [0, 0.05) is 26.2 Å². The van der Waals surface area contributed by atoms with Gasteiger partial charge < -0.3 is 14.9 Å². The Morgan fingerprint density at radius 1 is 1.29 bits per heavy atom. The molecule has 4 N–H and O–H groups in total. The average molecular weight is 295 g/mol. The van der Waals surface area contributed by atoms with E-state index >= 15 is 0 Å². The normalized spacial score (nSPS) is 15.4. The number of anilines is 3. The van der Waals surface area contributed by atoms with Crippen molar-refractivity contribution in [3.8, 4) is 0 Å². The molecule has 21 heavy (non-hydrogen) atoms. The Morgan fingerprint density at radius 3 is 2.48 bits per heavy atom. The summed E-state index contributed by atoms with van der Waals surface area (Å²) < 4.78 is 0. The van der Waals surface area contributed by atoms with Gasteiger partial charge in [-0.2, -0.15) is 15.0 Å². The number of hydrazine groups is 1. The third kappa shape index (κ3) is 4.15. The Labute approximate surface area is 125 Å². The van der Waals surface area contributed by atoms with Crippen LogP contribution in [0.15, 0.2) is 0 Å². The molecule has 1 aliphatic heterocycles. The molecule has 2 heterocycles. The number of rotatable bonds is 6. The zero-order valence-corrected chi connectivity index (χ0v) is 13.0. The molecule has 0 atom stereocenters. The van der Waals surface area contributed by atoms with Gasteiger partial charge in [-0.05, 0) is 33.6 Å². The van der Waals surface area contributed by atoms with Crippen LogP contribution in [0.5, 0.6) is 0 Å². The molecule has 8 heteroatoms. The molecular weight excluding hydrogens is 270 g/mol. The number of nitrogen functional groups attached to an aromatic ring is 1. The number of nitrogens with one attached hydrogen (secondary N) is 1. The SMILES string of the molecule is CCN(CC(C)(C)O)c1nc(NN)nc(N2CCCC2)n1. The Kier molecular flexibility index (Phi) is 4.79. The van der Waals surface area contributed by atoms with Crippen molar-refractivity contribution in [2.24, 2.45) is 5.84 Å². The Hall–Kier alpha value is -1.67. The summed E-state index contributed by atoms with van der Waals surface area (Å²) in [5, 5.41) is 10.0. The lowest BCUT2D eigenvalue weighted by atomic mass is 10.1. The highest BCUT2D eigenvalue weighted by Gasteiger charge is 2.22. The second-order valence-corrected chi connectivity index (χ2v) is 5.92. The van der Waals surface area contributed by atoms with Crippen molar-refractivity contribution < 1.29 is 5.11 Å². The van der Waals surface area contributed by atoms with Crippen molar-refractivity contribution in [1.82, 2.24) is 15.0 Å². The minimum atomic E-state index is -0.827. The topological polar surface area (TPSA) is 103 Å². The average Bonchev–Trinajstić information content (AvgIpc) is 2.97. The van der Waals surface area contributed by atoms with Crippen molar-refractivity contribution >= 4 is 17.8 Å². The first-order valence-electron chi connectivity index (χ1n) is 7.38. The first-order valence-corrected chi connectivity index (χ1v) is 7.38. The molecular formula is C13H25N7O. The molecule has 118 valence electrons. The first-order chi connectivity index (χ1) is 9.93. The van der Waals surface area contributed by atoms with Crippen LogP contribution in [0.2, 0.25) is 0 Å². The number of nitrogens with two attached hydrogens (primary N) is 1. The number of likely N-dealkylation sites (N-methyl/N-ethyl adjacent to an activating group) is 1. The third-order valence-corrected chi connectivity index (χ3v) is 3.37. The van der Waals surface area contributed by atoms with Gasteiger partial charge >= 0.3 is 0 Å². The van der Waals surface area contributed by atoms with Gasteiger partial charge in [-0.1, -0.05) is 0 Å². The van der Waals surface area contributed by atoms with Crippen LogP contribution in [0, 0.1) is 0 Å². The molecule has 0 radical (unpaired) electrons. The van der Waals surface area contributed by atoms with E-state index in [1.54, 1.807) is 13.8 Å². The van der Waals surface area contributed by atoms with E-state index in [2.05, 4.69) is 25.3 Å². The number of aromatic nitrogens is 3. The maximum Gasteiger partial charge on any atom is 0.243 e. The second-order valence-electron chi connectivity index (χ2n) is 5.92. The Bertz CT molecular complexity index is 468. The Morgan fingerprint density at radius 2 is 1.95 bits per heavy atom. The number of hydrogen-bond donors (Lipinski definition) is 3. The van der Waals surface area contributed by atoms with Gasteiger partial charge in [0.15, 0.2) is 0 Å². The smallest absolute Gasteiger partial charge is 0.243 e. The van der Waals surface area contributed by atoms with Crippen molar-refractivity contribution in [3.63, 3.8) is 0 Å².